The van der Waals surface area contributed by atoms with E-state index in [-0.39, 0.29) is 17.9 Å². The predicted octanol–water partition coefficient (Wildman–Crippen LogP) is 0.832. The first-order valence-corrected chi connectivity index (χ1v) is 3.93. The highest BCUT2D eigenvalue weighted by atomic mass is 19.1. The summed E-state index contributed by atoms with van der Waals surface area (Å²) in [4.78, 5) is 0. The molecular formula is C9H12FNO2. The van der Waals surface area contributed by atoms with E-state index in [2.05, 4.69) is 0 Å². The van der Waals surface area contributed by atoms with E-state index >= 15 is 0 Å². The summed E-state index contributed by atoms with van der Waals surface area (Å²) in [5.41, 5.74) is 5.72. The highest BCUT2D eigenvalue weighted by molar-refractivity contribution is 5.41. The Labute approximate surface area is 75.6 Å². The van der Waals surface area contributed by atoms with Gasteiger partial charge in [-0.15, -0.1) is 0 Å². The van der Waals surface area contributed by atoms with Crippen LogP contribution in [-0.2, 0) is 0 Å². The SMILES string of the molecule is Cc1cc(F)cc(C(O)CN)c1O. The summed E-state index contributed by atoms with van der Waals surface area (Å²) in [7, 11) is 0. The first kappa shape index (κ1) is 9.95. The number of rotatable bonds is 2. The van der Waals surface area contributed by atoms with Gasteiger partial charge in [-0.3, -0.25) is 0 Å². The van der Waals surface area contributed by atoms with Crippen LogP contribution in [0, 0.1) is 12.7 Å². The predicted molar refractivity (Wildman–Crippen MR) is 46.8 cm³/mol. The quantitative estimate of drug-likeness (QED) is 0.639. The van der Waals surface area contributed by atoms with Crippen LogP contribution in [-0.4, -0.2) is 16.8 Å². The van der Waals surface area contributed by atoms with Crippen molar-refractivity contribution in [3.05, 3.63) is 29.1 Å². The van der Waals surface area contributed by atoms with Crippen LogP contribution in [0.2, 0.25) is 0 Å². The molecule has 0 radical (unpaired) electrons. The maximum Gasteiger partial charge on any atom is 0.124 e. The van der Waals surface area contributed by atoms with Gasteiger partial charge in [0, 0.05) is 12.1 Å². The topological polar surface area (TPSA) is 66.5 Å². The zero-order chi connectivity index (χ0) is 10.0. The molecule has 4 N–H and O–H groups in total. The van der Waals surface area contributed by atoms with E-state index in [1.807, 2.05) is 0 Å². The van der Waals surface area contributed by atoms with Crippen molar-refractivity contribution in [3.8, 4) is 5.75 Å². The zero-order valence-corrected chi connectivity index (χ0v) is 7.29. The summed E-state index contributed by atoms with van der Waals surface area (Å²) in [6.07, 6.45) is -1.02. The summed E-state index contributed by atoms with van der Waals surface area (Å²) >= 11 is 0. The van der Waals surface area contributed by atoms with Crippen LogP contribution < -0.4 is 5.73 Å². The minimum atomic E-state index is -1.02. The van der Waals surface area contributed by atoms with Gasteiger partial charge < -0.3 is 15.9 Å². The molecular weight excluding hydrogens is 173 g/mol. The molecule has 1 aromatic rings. The van der Waals surface area contributed by atoms with E-state index in [9.17, 15) is 14.6 Å². The van der Waals surface area contributed by atoms with E-state index in [0.29, 0.717) is 5.56 Å². The standard InChI is InChI=1S/C9H12FNO2/c1-5-2-6(10)3-7(9(5)13)8(12)4-11/h2-3,8,12-13H,4,11H2,1H3. The third kappa shape index (κ3) is 1.96. The van der Waals surface area contributed by atoms with Gasteiger partial charge in [-0.25, -0.2) is 4.39 Å². The Morgan fingerprint density at radius 1 is 1.54 bits per heavy atom. The number of hydrogen-bond acceptors (Lipinski definition) is 3. The number of aliphatic hydroxyl groups is 1. The van der Waals surface area contributed by atoms with Crippen LogP contribution in [0.1, 0.15) is 17.2 Å². The summed E-state index contributed by atoms with van der Waals surface area (Å²) in [5.74, 6) is -0.586. The van der Waals surface area contributed by atoms with Gasteiger partial charge in [0.25, 0.3) is 0 Å². The molecule has 0 amide bonds. The first-order valence-electron chi connectivity index (χ1n) is 3.93. The maximum absolute atomic E-state index is 12.8. The number of hydrogen-bond donors (Lipinski definition) is 3. The van der Waals surface area contributed by atoms with Gasteiger partial charge in [-0.05, 0) is 24.6 Å². The van der Waals surface area contributed by atoms with Crippen LogP contribution in [0.25, 0.3) is 0 Å². The highest BCUT2D eigenvalue weighted by Crippen LogP contribution is 2.28. The molecule has 3 nitrogen and oxygen atoms in total. The van der Waals surface area contributed by atoms with Gasteiger partial charge in [-0.2, -0.15) is 0 Å². The molecule has 0 saturated heterocycles. The smallest absolute Gasteiger partial charge is 0.124 e. The Morgan fingerprint density at radius 2 is 2.15 bits per heavy atom. The number of aryl methyl sites for hydroxylation is 1. The van der Waals surface area contributed by atoms with Crippen LogP contribution in [0.5, 0.6) is 5.75 Å². The molecule has 4 heteroatoms. The molecule has 0 aromatic heterocycles. The Hall–Kier alpha value is -1.13. The van der Waals surface area contributed by atoms with Gasteiger partial charge >= 0.3 is 0 Å². The van der Waals surface area contributed by atoms with Gasteiger partial charge in [-0.1, -0.05) is 0 Å². The van der Waals surface area contributed by atoms with Crippen molar-refractivity contribution >= 4 is 0 Å². The number of aromatic hydroxyl groups is 1. The summed E-state index contributed by atoms with van der Waals surface area (Å²) in [5, 5.41) is 18.7. The van der Waals surface area contributed by atoms with E-state index in [1.54, 1.807) is 6.92 Å². The molecule has 0 spiro atoms. The Balaban J connectivity index is 3.20. The second kappa shape index (κ2) is 3.72. The van der Waals surface area contributed by atoms with Crippen LogP contribution in [0.15, 0.2) is 12.1 Å². The maximum atomic E-state index is 12.8. The normalized spacial score (nSPS) is 12.9. The molecule has 0 fully saturated rings. The molecule has 0 aliphatic heterocycles. The van der Waals surface area contributed by atoms with E-state index in [1.165, 1.54) is 6.07 Å². The monoisotopic (exact) mass is 185 g/mol. The van der Waals surface area contributed by atoms with E-state index < -0.39 is 11.9 Å². The number of phenolic OH excluding ortho intramolecular Hbond substituents is 1. The van der Waals surface area contributed by atoms with Crippen molar-refractivity contribution in [3.63, 3.8) is 0 Å². The number of halogens is 1. The molecule has 1 rings (SSSR count). The third-order valence-corrected chi connectivity index (χ3v) is 1.88. The molecule has 1 unspecified atom stereocenters. The lowest BCUT2D eigenvalue weighted by Gasteiger charge is -2.11. The molecule has 72 valence electrons. The van der Waals surface area contributed by atoms with Crippen molar-refractivity contribution < 1.29 is 14.6 Å². The number of nitrogens with two attached hydrogens (primary N) is 1. The average molecular weight is 185 g/mol. The zero-order valence-electron chi connectivity index (χ0n) is 7.29. The summed E-state index contributed by atoms with van der Waals surface area (Å²) in [6, 6.07) is 2.28. The lowest BCUT2D eigenvalue weighted by Crippen LogP contribution is -2.12. The second-order valence-electron chi connectivity index (χ2n) is 2.91. The van der Waals surface area contributed by atoms with Crippen LogP contribution >= 0.6 is 0 Å². The van der Waals surface area contributed by atoms with Crippen molar-refractivity contribution in [2.24, 2.45) is 5.73 Å². The van der Waals surface area contributed by atoms with Crippen LogP contribution in [0.3, 0.4) is 0 Å². The first-order chi connectivity index (χ1) is 6.06. The molecule has 1 atom stereocenters. The summed E-state index contributed by atoms with van der Waals surface area (Å²) in [6.45, 7) is 1.52. The number of phenols is 1. The lowest BCUT2D eigenvalue weighted by atomic mass is 10.0. The Kier molecular flexibility index (Phi) is 2.85. The molecule has 0 saturated carbocycles. The molecule has 0 aliphatic carbocycles. The highest BCUT2D eigenvalue weighted by Gasteiger charge is 2.13. The minimum absolute atomic E-state index is 0.0452. The van der Waals surface area contributed by atoms with E-state index in [0.717, 1.165) is 6.07 Å². The van der Waals surface area contributed by atoms with Crippen molar-refractivity contribution in [1.82, 2.24) is 0 Å². The van der Waals surface area contributed by atoms with Gasteiger partial charge in [0.15, 0.2) is 0 Å². The average Bonchev–Trinajstić information content (AvgIpc) is 2.10. The van der Waals surface area contributed by atoms with Crippen molar-refractivity contribution in [2.75, 3.05) is 6.54 Å². The van der Waals surface area contributed by atoms with Crippen molar-refractivity contribution in [1.29, 1.82) is 0 Å². The third-order valence-electron chi connectivity index (χ3n) is 1.88. The van der Waals surface area contributed by atoms with Crippen molar-refractivity contribution in [2.45, 2.75) is 13.0 Å². The molecule has 13 heavy (non-hydrogen) atoms. The largest absolute Gasteiger partial charge is 0.507 e. The molecule has 0 heterocycles. The van der Waals surface area contributed by atoms with E-state index in [4.69, 9.17) is 5.73 Å². The van der Waals surface area contributed by atoms with Gasteiger partial charge in [0.05, 0.1) is 6.10 Å². The Bertz CT molecular complexity index is 315. The lowest BCUT2D eigenvalue weighted by molar-refractivity contribution is 0.182. The number of aliphatic hydroxyl groups excluding tert-OH is 1. The van der Waals surface area contributed by atoms with Gasteiger partial charge in [0.2, 0.25) is 0 Å². The minimum Gasteiger partial charge on any atom is -0.507 e. The fourth-order valence-electron chi connectivity index (χ4n) is 1.14. The molecule has 1 aromatic carbocycles. The van der Waals surface area contributed by atoms with Crippen LogP contribution in [0.4, 0.5) is 4.39 Å². The Morgan fingerprint density at radius 3 is 2.69 bits per heavy atom. The fraction of sp³-hybridized carbons (Fsp3) is 0.333. The fourth-order valence-corrected chi connectivity index (χ4v) is 1.14. The second-order valence-corrected chi connectivity index (χ2v) is 2.91. The number of benzene rings is 1. The summed E-state index contributed by atoms with van der Waals surface area (Å²) < 4.78 is 12.8. The van der Waals surface area contributed by atoms with Gasteiger partial charge in [0.1, 0.15) is 11.6 Å². The molecule has 0 bridgehead atoms. The molecule has 0 aliphatic rings.